The molecule has 0 heterocycles. The standard InChI is InChI=1S/C40H26O6S2/c41-47(42,43)31-9-11-37-27-15-23-13-25(35-7-3-1-5-33(23)35)17-29-20-28(38-12-10-32(21-39(29)38)48(44,45)46)16-24-14-26(18-30(19-27)40(37)22-31)36-8-4-2-6-34(24)36/h1-12,15-22H,13-14H2,(H,41,42,43)(H,44,45,46). The van der Waals surface area contributed by atoms with Gasteiger partial charge in [0.1, 0.15) is 0 Å². The van der Waals surface area contributed by atoms with Crippen LogP contribution < -0.4 is 10.4 Å². The first-order chi connectivity index (χ1) is 23.0. The maximum atomic E-state index is 12.2. The van der Waals surface area contributed by atoms with E-state index in [2.05, 4.69) is 60.7 Å². The van der Waals surface area contributed by atoms with E-state index < -0.39 is 20.2 Å². The van der Waals surface area contributed by atoms with Crippen molar-refractivity contribution in [3.05, 3.63) is 165 Å². The first-order valence-corrected chi connectivity index (χ1v) is 18.3. The number of hydrogen-bond acceptors (Lipinski definition) is 4. The topological polar surface area (TPSA) is 109 Å². The van der Waals surface area contributed by atoms with E-state index in [1.54, 1.807) is 24.3 Å². The first kappa shape index (κ1) is 29.1. The Bertz CT molecular complexity index is 2750. The third-order valence-corrected chi connectivity index (χ3v) is 11.5. The molecule has 0 saturated carbocycles. The lowest BCUT2D eigenvalue weighted by molar-refractivity contribution is 0.481. The molecule has 0 amide bonds. The average Bonchev–Trinajstić information content (AvgIpc) is 3.79. The van der Waals surface area contributed by atoms with Crippen molar-refractivity contribution in [1.82, 2.24) is 0 Å². The van der Waals surface area contributed by atoms with Crippen molar-refractivity contribution >= 4 is 64.8 Å². The van der Waals surface area contributed by atoms with Gasteiger partial charge >= 0.3 is 0 Å². The maximum Gasteiger partial charge on any atom is 0.294 e. The van der Waals surface area contributed by atoms with E-state index in [0.29, 0.717) is 12.8 Å². The quantitative estimate of drug-likeness (QED) is 0.230. The molecule has 8 heteroatoms. The van der Waals surface area contributed by atoms with Gasteiger partial charge in [0.2, 0.25) is 0 Å². The van der Waals surface area contributed by atoms with Crippen LogP contribution in [0.1, 0.15) is 46.2 Å². The molecule has 48 heavy (non-hydrogen) atoms. The van der Waals surface area contributed by atoms with Crippen molar-refractivity contribution in [2.75, 3.05) is 0 Å². The normalized spacial score (nSPS) is 17.4. The summed E-state index contributed by atoms with van der Waals surface area (Å²) in [5.74, 6) is 0. The highest BCUT2D eigenvalue weighted by molar-refractivity contribution is 7.86. The molecule has 0 fully saturated rings. The third kappa shape index (κ3) is 4.60. The molecular weight excluding hydrogens is 641 g/mol. The lowest BCUT2D eigenvalue weighted by Gasteiger charge is -2.08. The van der Waals surface area contributed by atoms with Crippen molar-refractivity contribution in [3.8, 4) is 0 Å². The Balaban J connectivity index is 1.35. The summed E-state index contributed by atoms with van der Waals surface area (Å²) in [6, 6.07) is 25.9. The number of allylic oxidation sites excluding steroid dienone is 12. The minimum absolute atomic E-state index is 0.148. The Morgan fingerprint density at radius 3 is 1.31 bits per heavy atom. The minimum Gasteiger partial charge on any atom is -0.282 e. The third-order valence-electron chi connectivity index (χ3n) is 9.76. The van der Waals surface area contributed by atoms with Crippen LogP contribution in [-0.4, -0.2) is 25.9 Å². The van der Waals surface area contributed by atoms with Crippen molar-refractivity contribution in [2.45, 2.75) is 22.6 Å². The van der Waals surface area contributed by atoms with Crippen LogP contribution in [0.25, 0.3) is 44.6 Å². The van der Waals surface area contributed by atoms with Crippen LogP contribution >= 0.6 is 0 Å². The Morgan fingerprint density at radius 2 is 0.833 bits per heavy atom. The molecule has 4 aromatic rings. The molecule has 0 aliphatic heterocycles. The average molecular weight is 667 g/mol. The zero-order valence-electron chi connectivity index (χ0n) is 25.3. The summed E-state index contributed by atoms with van der Waals surface area (Å²) in [5, 5.41) is 2.16. The molecule has 5 aliphatic rings. The lowest BCUT2D eigenvalue weighted by atomic mass is 9.98. The molecule has 0 aromatic heterocycles. The molecule has 0 saturated heterocycles. The van der Waals surface area contributed by atoms with E-state index in [-0.39, 0.29) is 9.79 Å². The van der Waals surface area contributed by atoms with Crippen LogP contribution in [0.2, 0.25) is 0 Å². The second kappa shape index (κ2) is 10.2. The van der Waals surface area contributed by atoms with Gasteiger partial charge in [0.25, 0.3) is 20.2 Å². The predicted octanol–water partition coefficient (Wildman–Crippen LogP) is 6.73. The molecule has 6 nitrogen and oxygen atoms in total. The van der Waals surface area contributed by atoms with E-state index in [0.717, 1.165) is 88.4 Å². The van der Waals surface area contributed by atoms with Crippen molar-refractivity contribution in [2.24, 2.45) is 0 Å². The molecule has 2 N–H and O–H groups in total. The van der Waals surface area contributed by atoms with Crippen LogP contribution in [0.3, 0.4) is 0 Å². The summed E-state index contributed by atoms with van der Waals surface area (Å²) in [5.41, 5.74) is 13.4. The van der Waals surface area contributed by atoms with Gasteiger partial charge in [0.05, 0.1) is 9.79 Å². The monoisotopic (exact) mass is 666 g/mol. The molecule has 4 aromatic carbocycles. The van der Waals surface area contributed by atoms with Crippen LogP contribution in [-0.2, 0) is 20.2 Å². The molecular formula is C40H26O6S2. The van der Waals surface area contributed by atoms with Gasteiger partial charge in [0.15, 0.2) is 0 Å². The summed E-state index contributed by atoms with van der Waals surface area (Å²) < 4.78 is 68.6. The molecule has 5 aliphatic carbocycles. The molecule has 0 unspecified atom stereocenters. The first-order valence-electron chi connectivity index (χ1n) is 15.4. The Morgan fingerprint density at radius 1 is 0.417 bits per heavy atom. The van der Waals surface area contributed by atoms with Crippen molar-refractivity contribution < 1.29 is 25.9 Å². The van der Waals surface area contributed by atoms with Crippen molar-refractivity contribution in [1.29, 1.82) is 0 Å². The maximum absolute atomic E-state index is 12.2. The number of hydrogen-bond donors (Lipinski definition) is 2. The zero-order chi connectivity index (χ0) is 32.9. The summed E-state index contributed by atoms with van der Waals surface area (Å²) >= 11 is 0. The highest BCUT2D eigenvalue weighted by Gasteiger charge is 2.28. The van der Waals surface area contributed by atoms with Gasteiger partial charge in [-0.25, -0.2) is 0 Å². The predicted molar refractivity (Wildman–Crippen MR) is 189 cm³/mol. The van der Waals surface area contributed by atoms with Crippen LogP contribution in [0.4, 0.5) is 0 Å². The fourth-order valence-corrected chi connectivity index (χ4v) is 8.63. The fraction of sp³-hybridized carbons (Fsp3) is 0.0500. The molecule has 0 spiro atoms. The summed E-state index contributed by atoms with van der Waals surface area (Å²) in [6.07, 6.45) is 14.0. The number of fused-ring (bicyclic) bond motifs is 16. The molecule has 9 rings (SSSR count). The Labute approximate surface area is 277 Å². The molecule has 8 bridgehead atoms. The van der Waals surface area contributed by atoms with Gasteiger partial charge in [-0.1, -0.05) is 85.0 Å². The highest BCUT2D eigenvalue weighted by atomic mass is 32.2. The van der Waals surface area contributed by atoms with E-state index in [1.807, 2.05) is 24.3 Å². The van der Waals surface area contributed by atoms with Gasteiger partial charge in [-0.2, -0.15) is 16.8 Å². The van der Waals surface area contributed by atoms with Crippen LogP contribution in [0.5, 0.6) is 0 Å². The molecule has 0 radical (unpaired) electrons. The fourth-order valence-electron chi connectivity index (χ4n) is 7.62. The number of rotatable bonds is 2. The van der Waals surface area contributed by atoms with Gasteiger partial charge in [-0.3, -0.25) is 9.11 Å². The molecule has 234 valence electrons. The second-order valence-electron chi connectivity index (χ2n) is 12.6. The minimum atomic E-state index is -4.41. The number of benzene rings is 4. The van der Waals surface area contributed by atoms with E-state index in [4.69, 9.17) is 0 Å². The summed E-state index contributed by atoms with van der Waals surface area (Å²) in [4.78, 5) is -0.296. The smallest absolute Gasteiger partial charge is 0.282 e. The zero-order valence-corrected chi connectivity index (χ0v) is 26.9. The summed E-state index contributed by atoms with van der Waals surface area (Å²) in [6.45, 7) is 0. The van der Waals surface area contributed by atoms with E-state index in [9.17, 15) is 25.9 Å². The van der Waals surface area contributed by atoms with Gasteiger partial charge in [-0.15, -0.1) is 0 Å². The van der Waals surface area contributed by atoms with Crippen molar-refractivity contribution in [3.63, 3.8) is 0 Å². The molecule has 0 atom stereocenters. The Hall–Kier alpha value is -5.12. The SMILES string of the molecule is O=S(=O)(O)c1ccc2c(c1)C1=CC2=CC2=c3ccccc3=C(C=C3C=C(C=C4CC(=C1)c1ccccc14)c1ccc(S(=O)(=O)O)cc13)C2. The highest BCUT2D eigenvalue weighted by Crippen LogP contribution is 2.47. The summed E-state index contributed by atoms with van der Waals surface area (Å²) in [7, 11) is -8.82. The van der Waals surface area contributed by atoms with Gasteiger partial charge in [-0.05, 0) is 138 Å². The lowest BCUT2D eigenvalue weighted by Crippen LogP contribution is -2.22. The van der Waals surface area contributed by atoms with Crippen LogP contribution in [0.15, 0.2) is 131 Å². The van der Waals surface area contributed by atoms with E-state index >= 15 is 0 Å². The second-order valence-corrected chi connectivity index (χ2v) is 15.4. The Kier molecular flexibility index (Phi) is 6.17. The largest absolute Gasteiger partial charge is 0.294 e. The van der Waals surface area contributed by atoms with E-state index in [1.165, 1.54) is 12.1 Å². The van der Waals surface area contributed by atoms with Gasteiger partial charge in [0, 0.05) is 0 Å². The van der Waals surface area contributed by atoms with Crippen LogP contribution in [0, 0.1) is 0 Å². The van der Waals surface area contributed by atoms with Gasteiger partial charge < -0.3 is 0 Å².